The highest BCUT2D eigenvalue weighted by molar-refractivity contribution is 6.10. The summed E-state index contributed by atoms with van der Waals surface area (Å²) in [5.41, 5.74) is 0.414. The maximum Gasteiger partial charge on any atom is 0.276 e. The molecule has 2 heterocycles. The predicted octanol–water partition coefficient (Wildman–Crippen LogP) is 0.909. The van der Waals surface area contributed by atoms with Crippen LogP contribution in [-0.4, -0.2) is 25.9 Å². The zero-order chi connectivity index (χ0) is 14.1. The molecule has 0 unspecified atom stereocenters. The highest BCUT2D eigenvalue weighted by atomic mass is 16.2. The summed E-state index contributed by atoms with van der Waals surface area (Å²) in [6.07, 6.45) is 3.21. The number of nitrogens with zero attached hydrogens (tertiary/aromatic N) is 3. The van der Waals surface area contributed by atoms with E-state index in [-0.39, 0.29) is 11.3 Å². The molecule has 7 heteroatoms. The number of aromatic nitrogens is 4. The van der Waals surface area contributed by atoms with E-state index < -0.39 is 5.91 Å². The Kier molecular flexibility index (Phi) is 2.79. The molecular formula is C13H11N5O2. The Morgan fingerprint density at radius 1 is 1.30 bits per heavy atom. The summed E-state index contributed by atoms with van der Waals surface area (Å²) >= 11 is 0. The third-order valence-corrected chi connectivity index (χ3v) is 2.87. The Hall–Kier alpha value is -2.96. The van der Waals surface area contributed by atoms with Crippen molar-refractivity contribution < 1.29 is 4.79 Å². The van der Waals surface area contributed by atoms with Gasteiger partial charge in [0.05, 0.1) is 17.3 Å². The molecular weight excluding hydrogens is 258 g/mol. The average molecular weight is 269 g/mol. The summed E-state index contributed by atoms with van der Waals surface area (Å²) in [6.45, 7) is 0. The van der Waals surface area contributed by atoms with Gasteiger partial charge in [-0.1, -0.05) is 18.2 Å². The number of anilines is 1. The van der Waals surface area contributed by atoms with Gasteiger partial charge in [0.15, 0.2) is 5.69 Å². The van der Waals surface area contributed by atoms with Gasteiger partial charge in [0.2, 0.25) is 0 Å². The lowest BCUT2D eigenvalue weighted by atomic mass is 10.1. The first-order valence-corrected chi connectivity index (χ1v) is 5.92. The van der Waals surface area contributed by atoms with E-state index in [9.17, 15) is 9.59 Å². The predicted molar refractivity (Wildman–Crippen MR) is 73.5 cm³/mol. The van der Waals surface area contributed by atoms with E-state index in [2.05, 4.69) is 20.6 Å². The third-order valence-electron chi connectivity index (χ3n) is 2.87. The van der Waals surface area contributed by atoms with E-state index in [1.165, 1.54) is 6.20 Å². The SMILES string of the molecule is Cn1cc(NC(=O)c2n[nH]c(=O)c3ccccc23)cn1. The van der Waals surface area contributed by atoms with Crippen LogP contribution in [0.2, 0.25) is 0 Å². The minimum Gasteiger partial charge on any atom is -0.318 e. The summed E-state index contributed by atoms with van der Waals surface area (Å²) in [7, 11) is 1.75. The molecule has 0 saturated carbocycles. The number of carbonyl (C=O) groups is 1. The Morgan fingerprint density at radius 3 is 2.75 bits per heavy atom. The summed E-state index contributed by atoms with van der Waals surface area (Å²) in [4.78, 5) is 23.9. The quantitative estimate of drug-likeness (QED) is 0.723. The largest absolute Gasteiger partial charge is 0.318 e. The van der Waals surface area contributed by atoms with Crippen molar-refractivity contribution in [3.05, 3.63) is 52.7 Å². The van der Waals surface area contributed by atoms with Gasteiger partial charge in [-0.2, -0.15) is 10.2 Å². The molecule has 1 amide bonds. The van der Waals surface area contributed by atoms with Crippen LogP contribution in [0.3, 0.4) is 0 Å². The van der Waals surface area contributed by atoms with Crippen molar-refractivity contribution in [3.63, 3.8) is 0 Å². The minimum absolute atomic E-state index is 0.170. The van der Waals surface area contributed by atoms with Crippen LogP contribution < -0.4 is 10.9 Å². The molecule has 0 spiro atoms. The second-order valence-electron chi connectivity index (χ2n) is 4.30. The number of nitrogens with one attached hydrogen (secondary N) is 2. The number of rotatable bonds is 2. The van der Waals surface area contributed by atoms with Crippen LogP contribution in [0.5, 0.6) is 0 Å². The molecule has 0 aliphatic carbocycles. The van der Waals surface area contributed by atoms with Crippen molar-refractivity contribution >= 4 is 22.4 Å². The monoisotopic (exact) mass is 269 g/mol. The molecule has 3 rings (SSSR count). The van der Waals surface area contributed by atoms with Crippen molar-refractivity contribution in [3.8, 4) is 0 Å². The standard InChI is InChI=1S/C13H11N5O2/c1-18-7-8(6-14-18)15-13(20)11-9-4-2-3-5-10(9)12(19)17-16-11/h2-7H,1H3,(H,15,20)(H,17,19). The molecule has 0 fully saturated rings. The molecule has 20 heavy (non-hydrogen) atoms. The fourth-order valence-corrected chi connectivity index (χ4v) is 1.96. The molecule has 2 aromatic heterocycles. The number of aromatic amines is 1. The fourth-order valence-electron chi connectivity index (χ4n) is 1.96. The summed E-state index contributed by atoms with van der Waals surface area (Å²) in [5, 5.41) is 13.7. The topological polar surface area (TPSA) is 92.7 Å². The van der Waals surface area contributed by atoms with Crippen LogP contribution in [0.1, 0.15) is 10.5 Å². The molecule has 0 aliphatic rings. The normalized spacial score (nSPS) is 10.7. The molecule has 0 radical (unpaired) electrons. The van der Waals surface area contributed by atoms with E-state index >= 15 is 0 Å². The maximum absolute atomic E-state index is 12.2. The molecule has 0 aliphatic heterocycles. The van der Waals surface area contributed by atoms with Gasteiger partial charge in [-0.15, -0.1) is 0 Å². The Labute approximate surface area is 113 Å². The van der Waals surface area contributed by atoms with Crippen LogP contribution in [0, 0.1) is 0 Å². The second kappa shape index (κ2) is 4.61. The van der Waals surface area contributed by atoms with E-state index in [1.807, 2.05) is 0 Å². The number of fused-ring (bicyclic) bond motifs is 1. The van der Waals surface area contributed by atoms with Crippen molar-refractivity contribution in [2.75, 3.05) is 5.32 Å². The molecule has 3 aromatic rings. The number of aryl methyl sites for hydroxylation is 1. The van der Waals surface area contributed by atoms with Gasteiger partial charge in [0, 0.05) is 18.6 Å². The van der Waals surface area contributed by atoms with Crippen LogP contribution in [0.4, 0.5) is 5.69 Å². The van der Waals surface area contributed by atoms with Crippen molar-refractivity contribution in [2.24, 2.45) is 7.05 Å². The van der Waals surface area contributed by atoms with Gasteiger partial charge in [-0.05, 0) is 6.07 Å². The Morgan fingerprint density at radius 2 is 2.05 bits per heavy atom. The number of hydrogen-bond acceptors (Lipinski definition) is 4. The van der Waals surface area contributed by atoms with Gasteiger partial charge < -0.3 is 5.32 Å². The molecule has 0 bridgehead atoms. The molecule has 0 atom stereocenters. The zero-order valence-electron chi connectivity index (χ0n) is 10.6. The summed E-state index contributed by atoms with van der Waals surface area (Å²) in [6, 6.07) is 6.83. The van der Waals surface area contributed by atoms with E-state index in [0.717, 1.165) is 0 Å². The van der Waals surface area contributed by atoms with Crippen LogP contribution in [0.15, 0.2) is 41.5 Å². The minimum atomic E-state index is -0.398. The first-order chi connectivity index (χ1) is 9.65. The van der Waals surface area contributed by atoms with Gasteiger partial charge in [0.25, 0.3) is 11.5 Å². The summed E-state index contributed by atoms with van der Waals surface area (Å²) < 4.78 is 1.58. The fraction of sp³-hybridized carbons (Fsp3) is 0.0769. The summed E-state index contributed by atoms with van der Waals surface area (Å²) in [5.74, 6) is -0.398. The second-order valence-corrected chi connectivity index (χ2v) is 4.30. The van der Waals surface area contributed by atoms with Gasteiger partial charge in [-0.3, -0.25) is 14.3 Å². The maximum atomic E-state index is 12.2. The molecule has 0 saturated heterocycles. The van der Waals surface area contributed by atoms with Crippen LogP contribution >= 0.6 is 0 Å². The van der Waals surface area contributed by atoms with Crippen molar-refractivity contribution in [1.82, 2.24) is 20.0 Å². The van der Waals surface area contributed by atoms with Crippen LogP contribution in [-0.2, 0) is 7.05 Å². The molecule has 1 aromatic carbocycles. The molecule has 7 nitrogen and oxygen atoms in total. The lowest BCUT2D eigenvalue weighted by Crippen LogP contribution is -2.19. The first kappa shape index (κ1) is 12.1. The smallest absolute Gasteiger partial charge is 0.276 e. The first-order valence-electron chi connectivity index (χ1n) is 5.92. The van der Waals surface area contributed by atoms with Gasteiger partial charge in [-0.25, -0.2) is 5.10 Å². The number of benzene rings is 1. The third kappa shape index (κ3) is 2.05. The van der Waals surface area contributed by atoms with Gasteiger partial charge in [0.1, 0.15) is 0 Å². The van der Waals surface area contributed by atoms with E-state index in [1.54, 1.807) is 42.2 Å². The Bertz CT molecular complexity index is 849. The number of carbonyl (C=O) groups excluding carboxylic acids is 1. The number of H-pyrrole nitrogens is 1. The highest BCUT2D eigenvalue weighted by Gasteiger charge is 2.14. The van der Waals surface area contributed by atoms with E-state index in [4.69, 9.17) is 0 Å². The van der Waals surface area contributed by atoms with Crippen molar-refractivity contribution in [2.45, 2.75) is 0 Å². The number of amides is 1. The Balaban J connectivity index is 2.04. The van der Waals surface area contributed by atoms with Crippen molar-refractivity contribution in [1.29, 1.82) is 0 Å². The van der Waals surface area contributed by atoms with Gasteiger partial charge >= 0.3 is 0 Å². The molecule has 2 N–H and O–H groups in total. The average Bonchev–Trinajstić information content (AvgIpc) is 2.84. The lowest BCUT2D eigenvalue weighted by molar-refractivity contribution is 0.102. The zero-order valence-corrected chi connectivity index (χ0v) is 10.6. The lowest BCUT2D eigenvalue weighted by Gasteiger charge is -2.04. The number of hydrogen-bond donors (Lipinski definition) is 2. The molecule has 100 valence electrons. The van der Waals surface area contributed by atoms with Crippen LogP contribution in [0.25, 0.3) is 10.8 Å². The van der Waals surface area contributed by atoms with E-state index in [0.29, 0.717) is 16.5 Å². The highest BCUT2D eigenvalue weighted by Crippen LogP contribution is 2.14.